The maximum absolute atomic E-state index is 10.4. The van der Waals surface area contributed by atoms with Crippen LogP contribution in [0.3, 0.4) is 0 Å². The lowest BCUT2D eigenvalue weighted by Crippen LogP contribution is -2.51. The zero-order valence-corrected chi connectivity index (χ0v) is 18.7. The van der Waals surface area contributed by atoms with Gasteiger partial charge in [0, 0.05) is 0 Å². The lowest BCUT2D eigenvalue weighted by atomic mass is 9.48. The first-order chi connectivity index (χ1) is 12.8. The fourth-order valence-corrected chi connectivity index (χ4v) is 8.03. The summed E-state index contributed by atoms with van der Waals surface area (Å²) in [5.74, 6) is 4.18. The van der Waals surface area contributed by atoms with Crippen molar-refractivity contribution in [3.63, 3.8) is 0 Å². The van der Waals surface area contributed by atoms with Gasteiger partial charge < -0.3 is 10.8 Å². The predicted octanol–water partition coefficient (Wildman–Crippen LogP) is 6.16. The van der Waals surface area contributed by atoms with Crippen molar-refractivity contribution in [2.24, 2.45) is 46.2 Å². The Labute approximate surface area is 169 Å². The number of hydrogen-bond donors (Lipinski definition) is 2. The molecular formula is C25H47NO. The molecule has 3 aliphatic rings. The van der Waals surface area contributed by atoms with E-state index in [0.29, 0.717) is 10.8 Å². The summed E-state index contributed by atoms with van der Waals surface area (Å²) in [6.07, 6.45) is 15.7. The Bertz CT molecular complexity index is 479. The van der Waals surface area contributed by atoms with E-state index >= 15 is 0 Å². The number of nitrogens with two attached hydrogens (primary N) is 1. The van der Waals surface area contributed by atoms with Gasteiger partial charge in [-0.1, -0.05) is 40.5 Å². The molecule has 0 bridgehead atoms. The van der Waals surface area contributed by atoms with Gasteiger partial charge >= 0.3 is 0 Å². The predicted molar refractivity (Wildman–Crippen MR) is 115 cm³/mol. The van der Waals surface area contributed by atoms with Gasteiger partial charge in [-0.25, -0.2) is 0 Å². The van der Waals surface area contributed by atoms with Crippen LogP contribution in [-0.2, 0) is 0 Å². The zero-order valence-electron chi connectivity index (χ0n) is 18.7. The molecule has 158 valence electrons. The monoisotopic (exact) mass is 377 g/mol. The quantitative estimate of drug-likeness (QED) is 0.558. The number of rotatable bonds is 7. The van der Waals surface area contributed by atoms with Gasteiger partial charge in [-0.2, -0.15) is 0 Å². The third-order valence-corrected chi connectivity index (χ3v) is 9.76. The third kappa shape index (κ3) is 4.27. The second-order valence-electron chi connectivity index (χ2n) is 11.2. The molecule has 0 heterocycles. The standard InChI is InChI=1S/C25H47NO/c1-5-19-16-18(2)22(25(4)14-10-21(27)17-23(19)25)11-13-24(3)12-6-8-20(24)9-7-15-26/h18-23,27H,5-17,26H2,1-4H3/t18?,19-,20?,21+,22?,23?,24?,25?/m0/s1. The largest absolute Gasteiger partial charge is 0.393 e. The van der Waals surface area contributed by atoms with Crippen LogP contribution in [0.4, 0.5) is 0 Å². The number of fused-ring (bicyclic) bond motifs is 1. The van der Waals surface area contributed by atoms with Gasteiger partial charge in [0.1, 0.15) is 0 Å². The summed E-state index contributed by atoms with van der Waals surface area (Å²) in [4.78, 5) is 0. The van der Waals surface area contributed by atoms with Crippen LogP contribution in [0.5, 0.6) is 0 Å². The summed E-state index contributed by atoms with van der Waals surface area (Å²) in [7, 11) is 0. The van der Waals surface area contributed by atoms with Crippen molar-refractivity contribution < 1.29 is 5.11 Å². The van der Waals surface area contributed by atoms with E-state index in [-0.39, 0.29) is 6.10 Å². The van der Waals surface area contributed by atoms with Crippen LogP contribution in [-0.4, -0.2) is 17.8 Å². The molecule has 2 heteroatoms. The maximum Gasteiger partial charge on any atom is 0.0543 e. The Hall–Kier alpha value is -0.0800. The van der Waals surface area contributed by atoms with E-state index in [1.54, 1.807) is 0 Å². The lowest BCUT2D eigenvalue weighted by molar-refractivity contribution is -0.104. The van der Waals surface area contributed by atoms with Crippen LogP contribution in [0.15, 0.2) is 0 Å². The Balaban J connectivity index is 1.71. The highest BCUT2D eigenvalue weighted by atomic mass is 16.3. The van der Waals surface area contributed by atoms with Crippen molar-refractivity contribution in [3.05, 3.63) is 0 Å². The van der Waals surface area contributed by atoms with Crippen LogP contribution < -0.4 is 5.73 Å². The van der Waals surface area contributed by atoms with E-state index < -0.39 is 0 Å². The lowest BCUT2D eigenvalue weighted by Gasteiger charge is -2.58. The molecule has 3 saturated carbocycles. The Morgan fingerprint density at radius 2 is 1.85 bits per heavy atom. The third-order valence-electron chi connectivity index (χ3n) is 9.76. The summed E-state index contributed by atoms with van der Waals surface area (Å²) >= 11 is 0. The molecule has 27 heavy (non-hydrogen) atoms. The molecular weight excluding hydrogens is 330 g/mol. The van der Waals surface area contributed by atoms with Crippen molar-refractivity contribution in [2.75, 3.05) is 6.54 Å². The van der Waals surface area contributed by atoms with Crippen LogP contribution in [0.2, 0.25) is 0 Å². The highest BCUT2D eigenvalue weighted by Crippen LogP contribution is 2.60. The minimum atomic E-state index is -0.0424. The zero-order chi connectivity index (χ0) is 19.7. The molecule has 0 aliphatic heterocycles. The van der Waals surface area contributed by atoms with E-state index in [1.165, 1.54) is 64.2 Å². The minimum absolute atomic E-state index is 0.0424. The highest BCUT2D eigenvalue weighted by molar-refractivity contribution is 5.02. The molecule has 3 aliphatic carbocycles. The summed E-state index contributed by atoms with van der Waals surface area (Å²) in [6, 6.07) is 0. The fourth-order valence-electron chi connectivity index (χ4n) is 8.03. The normalized spacial score (nSPS) is 47.8. The van der Waals surface area contributed by atoms with Crippen LogP contribution in [0.1, 0.15) is 105 Å². The van der Waals surface area contributed by atoms with Gasteiger partial charge in [-0.3, -0.25) is 0 Å². The van der Waals surface area contributed by atoms with Gasteiger partial charge in [0.25, 0.3) is 0 Å². The summed E-state index contributed by atoms with van der Waals surface area (Å²) < 4.78 is 0. The Morgan fingerprint density at radius 1 is 1.07 bits per heavy atom. The van der Waals surface area contributed by atoms with E-state index in [4.69, 9.17) is 5.73 Å². The molecule has 0 amide bonds. The van der Waals surface area contributed by atoms with Crippen molar-refractivity contribution >= 4 is 0 Å². The Kier molecular flexibility index (Phi) is 7.00. The van der Waals surface area contributed by atoms with E-state index in [0.717, 1.165) is 49.0 Å². The van der Waals surface area contributed by atoms with Crippen molar-refractivity contribution in [1.29, 1.82) is 0 Å². The molecule has 2 nitrogen and oxygen atoms in total. The first-order valence-corrected chi connectivity index (χ1v) is 12.2. The molecule has 0 aromatic rings. The van der Waals surface area contributed by atoms with E-state index in [1.807, 2.05) is 0 Å². The SMILES string of the molecule is CC[C@H]1CC(C)C(CCC2(C)CCCC2CCCN)C2(C)CC[C@@H](O)CC12. The Morgan fingerprint density at radius 3 is 2.56 bits per heavy atom. The second-order valence-corrected chi connectivity index (χ2v) is 11.2. The van der Waals surface area contributed by atoms with Gasteiger partial charge in [-0.05, 0) is 111 Å². The molecule has 6 unspecified atom stereocenters. The number of hydrogen-bond acceptors (Lipinski definition) is 2. The summed E-state index contributed by atoms with van der Waals surface area (Å²) in [6.45, 7) is 11.0. The maximum atomic E-state index is 10.4. The molecule has 0 aromatic carbocycles. The molecule has 3 rings (SSSR count). The smallest absolute Gasteiger partial charge is 0.0543 e. The van der Waals surface area contributed by atoms with Crippen LogP contribution >= 0.6 is 0 Å². The topological polar surface area (TPSA) is 46.2 Å². The van der Waals surface area contributed by atoms with Gasteiger partial charge in [-0.15, -0.1) is 0 Å². The van der Waals surface area contributed by atoms with Gasteiger partial charge in [0.2, 0.25) is 0 Å². The van der Waals surface area contributed by atoms with Gasteiger partial charge in [0.05, 0.1) is 6.10 Å². The van der Waals surface area contributed by atoms with Crippen molar-refractivity contribution in [1.82, 2.24) is 0 Å². The second kappa shape index (κ2) is 8.74. The average Bonchev–Trinajstić information content (AvgIpc) is 3.00. The molecule has 0 spiro atoms. The molecule has 0 aromatic heterocycles. The van der Waals surface area contributed by atoms with Crippen LogP contribution in [0, 0.1) is 40.4 Å². The van der Waals surface area contributed by atoms with Gasteiger partial charge in [0.15, 0.2) is 0 Å². The fraction of sp³-hybridized carbons (Fsp3) is 1.00. The number of aliphatic hydroxyl groups is 1. The molecule has 0 saturated heterocycles. The average molecular weight is 378 g/mol. The van der Waals surface area contributed by atoms with E-state index in [9.17, 15) is 5.11 Å². The number of aliphatic hydroxyl groups excluding tert-OH is 1. The first-order valence-electron chi connectivity index (χ1n) is 12.2. The molecule has 3 N–H and O–H groups in total. The van der Waals surface area contributed by atoms with Crippen molar-refractivity contribution in [3.8, 4) is 0 Å². The van der Waals surface area contributed by atoms with E-state index in [2.05, 4.69) is 27.7 Å². The minimum Gasteiger partial charge on any atom is -0.393 e. The highest BCUT2D eigenvalue weighted by Gasteiger charge is 2.53. The first kappa shape index (κ1) is 21.6. The molecule has 3 fully saturated rings. The summed E-state index contributed by atoms with van der Waals surface area (Å²) in [5.41, 5.74) is 6.82. The van der Waals surface area contributed by atoms with Crippen LogP contribution in [0.25, 0.3) is 0 Å². The summed E-state index contributed by atoms with van der Waals surface area (Å²) in [5, 5.41) is 10.4. The molecule has 0 radical (unpaired) electrons. The molecule has 8 atom stereocenters. The van der Waals surface area contributed by atoms with Crippen molar-refractivity contribution in [2.45, 2.75) is 111 Å².